The largest absolute Gasteiger partial charge is 0.455 e. The van der Waals surface area contributed by atoms with Gasteiger partial charge in [-0.25, -0.2) is 23.2 Å². The minimum absolute atomic E-state index is 0.00913. The van der Waals surface area contributed by atoms with Gasteiger partial charge in [-0.2, -0.15) is 0 Å². The second kappa shape index (κ2) is 8.75. The van der Waals surface area contributed by atoms with Crippen molar-refractivity contribution in [1.82, 2.24) is 24.8 Å². The standard InChI is InChI=1S/C23H21N5O5S/c1-2-34(30,31)21-7-6-16(13-25-21)33-20-12-19-18(11-15(20)14-28-9-10-32-23(28)29)26-22(27-19)17-5-3-4-8-24-17/h3-8,11-13H,2,9-10,14H2,1H3,(H,26,27). The van der Waals surface area contributed by atoms with Crippen LogP contribution in [0.4, 0.5) is 4.79 Å². The lowest BCUT2D eigenvalue weighted by atomic mass is 10.1. The molecular weight excluding hydrogens is 458 g/mol. The lowest BCUT2D eigenvalue weighted by Crippen LogP contribution is -2.23. The molecule has 1 aromatic carbocycles. The molecule has 1 fully saturated rings. The molecule has 0 bridgehead atoms. The van der Waals surface area contributed by atoms with Gasteiger partial charge >= 0.3 is 6.09 Å². The first-order valence-corrected chi connectivity index (χ1v) is 12.3. The predicted octanol–water partition coefficient (Wildman–Crippen LogP) is 3.56. The molecule has 0 atom stereocenters. The van der Waals surface area contributed by atoms with Crippen LogP contribution in [0.15, 0.2) is 59.9 Å². The van der Waals surface area contributed by atoms with Crippen LogP contribution in [-0.4, -0.2) is 58.3 Å². The third-order valence-electron chi connectivity index (χ3n) is 5.41. The third-order valence-corrected chi connectivity index (χ3v) is 7.05. The summed E-state index contributed by atoms with van der Waals surface area (Å²) in [7, 11) is -3.42. The van der Waals surface area contributed by atoms with Gasteiger partial charge in [0, 0.05) is 17.8 Å². The monoisotopic (exact) mass is 479 g/mol. The number of benzene rings is 1. The molecule has 4 heterocycles. The van der Waals surface area contributed by atoms with Gasteiger partial charge in [-0.05, 0) is 30.3 Å². The predicted molar refractivity (Wildman–Crippen MR) is 123 cm³/mol. The van der Waals surface area contributed by atoms with E-state index in [9.17, 15) is 13.2 Å². The maximum Gasteiger partial charge on any atom is 0.410 e. The summed E-state index contributed by atoms with van der Waals surface area (Å²) < 4.78 is 35.2. The number of cyclic esters (lactones) is 1. The highest BCUT2D eigenvalue weighted by Gasteiger charge is 2.24. The van der Waals surface area contributed by atoms with Gasteiger partial charge < -0.3 is 19.4 Å². The second-order valence-electron chi connectivity index (χ2n) is 7.65. The van der Waals surface area contributed by atoms with Crippen molar-refractivity contribution in [2.45, 2.75) is 18.5 Å². The minimum atomic E-state index is -3.42. The molecule has 3 aromatic heterocycles. The van der Waals surface area contributed by atoms with Crippen molar-refractivity contribution in [3.63, 3.8) is 0 Å². The molecule has 1 amide bonds. The summed E-state index contributed by atoms with van der Waals surface area (Å²) in [5.41, 5.74) is 2.84. The third kappa shape index (κ3) is 4.29. The first-order chi connectivity index (χ1) is 16.4. The Bertz CT molecular complexity index is 1450. The minimum Gasteiger partial charge on any atom is -0.455 e. The van der Waals surface area contributed by atoms with Crippen LogP contribution < -0.4 is 4.74 Å². The summed E-state index contributed by atoms with van der Waals surface area (Å²) in [6.07, 6.45) is 2.67. The van der Waals surface area contributed by atoms with Crippen LogP contribution in [0.1, 0.15) is 12.5 Å². The van der Waals surface area contributed by atoms with E-state index in [0.717, 1.165) is 11.1 Å². The van der Waals surface area contributed by atoms with Crippen LogP contribution in [-0.2, 0) is 21.1 Å². The first kappa shape index (κ1) is 21.8. The second-order valence-corrected chi connectivity index (χ2v) is 9.88. The van der Waals surface area contributed by atoms with E-state index in [4.69, 9.17) is 9.47 Å². The molecule has 0 aliphatic carbocycles. The number of nitrogens with one attached hydrogen (secondary N) is 1. The first-order valence-electron chi connectivity index (χ1n) is 10.7. The molecule has 1 aliphatic rings. The van der Waals surface area contributed by atoms with Gasteiger partial charge in [-0.15, -0.1) is 0 Å². The fourth-order valence-corrected chi connectivity index (χ4v) is 4.37. The number of pyridine rings is 2. The number of hydrogen-bond donors (Lipinski definition) is 1. The smallest absolute Gasteiger partial charge is 0.410 e. The maximum absolute atomic E-state index is 12.0. The molecule has 11 heteroatoms. The van der Waals surface area contributed by atoms with Crippen molar-refractivity contribution in [2.75, 3.05) is 18.9 Å². The fourth-order valence-electron chi connectivity index (χ4n) is 3.59. The number of hydrogen-bond acceptors (Lipinski definition) is 8. The zero-order valence-corrected chi connectivity index (χ0v) is 19.1. The quantitative estimate of drug-likeness (QED) is 0.426. The van der Waals surface area contributed by atoms with Gasteiger partial charge in [0.2, 0.25) is 0 Å². The molecular formula is C23H21N5O5S. The Kier molecular flexibility index (Phi) is 5.62. The molecule has 0 unspecified atom stereocenters. The Hall–Kier alpha value is -3.99. The molecule has 1 saturated heterocycles. The van der Waals surface area contributed by atoms with E-state index in [1.165, 1.54) is 12.3 Å². The lowest BCUT2D eigenvalue weighted by molar-refractivity contribution is 0.157. The number of aromatic nitrogens is 4. The van der Waals surface area contributed by atoms with E-state index < -0.39 is 9.84 Å². The summed E-state index contributed by atoms with van der Waals surface area (Å²) in [4.78, 5) is 29.9. The lowest BCUT2D eigenvalue weighted by Gasteiger charge is -2.16. The van der Waals surface area contributed by atoms with Gasteiger partial charge in [-0.1, -0.05) is 13.0 Å². The topological polar surface area (TPSA) is 127 Å². The molecule has 0 saturated carbocycles. The number of sulfone groups is 1. The highest BCUT2D eigenvalue weighted by atomic mass is 32.2. The Morgan fingerprint density at radius 3 is 2.74 bits per heavy atom. The molecule has 1 N–H and O–H groups in total. The average molecular weight is 480 g/mol. The SMILES string of the molecule is CCS(=O)(=O)c1ccc(Oc2cc3nc(-c4ccccn4)[nH]c3cc2CN2CCOC2=O)cn1. The molecule has 10 nitrogen and oxygen atoms in total. The summed E-state index contributed by atoms with van der Waals surface area (Å²) in [6, 6.07) is 12.2. The van der Waals surface area contributed by atoms with Crippen LogP contribution in [0.3, 0.4) is 0 Å². The van der Waals surface area contributed by atoms with Gasteiger partial charge in [-0.3, -0.25) is 4.98 Å². The number of rotatable bonds is 7. The molecule has 5 rings (SSSR count). The van der Waals surface area contributed by atoms with E-state index in [-0.39, 0.29) is 23.4 Å². The van der Waals surface area contributed by atoms with Crippen LogP contribution in [0.25, 0.3) is 22.6 Å². The summed E-state index contributed by atoms with van der Waals surface area (Å²) in [5, 5.41) is -0.00913. The molecule has 0 radical (unpaired) electrons. The van der Waals surface area contributed by atoms with Crippen LogP contribution in [0.5, 0.6) is 11.5 Å². The number of carbonyl (C=O) groups is 1. The molecule has 4 aromatic rings. The molecule has 34 heavy (non-hydrogen) atoms. The van der Waals surface area contributed by atoms with Gasteiger partial charge in [0.05, 0.1) is 36.1 Å². The van der Waals surface area contributed by atoms with Crippen LogP contribution in [0.2, 0.25) is 0 Å². The van der Waals surface area contributed by atoms with E-state index in [0.29, 0.717) is 41.7 Å². The van der Waals surface area contributed by atoms with E-state index in [1.54, 1.807) is 30.2 Å². The van der Waals surface area contributed by atoms with Crippen molar-refractivity contribution in [3.8, 4) is 23.0 Å². The number of amides is 1. The van der Waals surface area contributed by atoms with Gasteiger partial charge in [0.15, 0.2) is 20.7 Å². The highest BCUT2D eigenvalue weighted by molar-refractivity contribution is 7.91. The van der Waals surface area contributed by atoms with E-state index in [2.05, 4.69) is 19.9 Å². The number of imidazole rings is 1. The van der Waals surface area contributed by atoms with Crippen molar-refractivity contribution in [3.05, 3.63) is 60.4 Å². The summed E-state index contributed by atoms with van der Waals surface area (Å²) in [5.74, 6) is 1.40. The summed E-state index contributed by atoms with van der Waals surface area (Å²) in [6.45, 7) is 2.65. The van der Waals surface area contributed by atoms with Gasteiger partial charge in [0.1, 0.15) is 23.8 Å². The average Bonchev–Trinajstić information content (AvgIpc) is 3.45. The summed E-state index contributed by atoms with van der Waals surface area (Å²) >= 11 is 0. The van der Waals surface area contributed by atoms with E-state index >= 15 is 0 Å². The van der Waals surface area contributed by atoms with Crippen molar-refractivity contribution in [2.24, 2.45) is 0 Å². The maximum atomic E-state index is 12.0. The fraction of sp³-hybridized carbons (Fsp3) is 0.217. The number of ether oxygens (including phenoxy) is 2. The number of aromatic amines is 1. The van der Waals surface area contributed by atoms with Crippen molar-refractivity contribution >= 4 is 27.0 Å². The zero-order chi connectivity index (χ0) is 23.7. The van der Waals surface area contributed by atoms with Crippen molar-refractivity contribution < 1.29 is 22.7 Å². The van der Waals surface area contributed by atoms with Gasteiger partial charge in [0.25, 0.3) is 0 Å². The number of fused-ring (bicyclic) bond motifs is 1. The Morgan fingerprint density at radius 2 is 2.06 bits per heavy atom. The van der Waals surface area contributed by atoms with Crippen LogP contribution >= 0.6 is 0 Å². The molecule has 0 spiro atoms. The Balaban J connectivity index is 1.52. The Morgan fingerprint density at radius 1 is 1.18 bits per heavy atom. The van der Waals surface area contributed by atoms with Crippen LogP contribution in [0, 0.1) is 0 Å². The van der Waals surface area contributed by atoms with E-state index in [1.807, 2.05) is 24.3 Å². The molecule has 1 aliphatic heterocycles. The number of carbonyl (C=O) groups excluding carboxylic acids is 1. The number of H-pyrrole nitrogens is 1. The highest BCUT2D eigenvalue weighted by Crippen LogP contribution is 2.32. The van der Waals surface area contributed by atoms with Crippen molar-refractivity contribution in [1.29, 1.82) is 0 Å². The molecule has 174 valence electrons. The number of nitrogens with zero attached hydrogens (tertiary/aromatic N) is 4. The Labute approximate surface area is 195 Å². The normalized spacial score (nSPS) is 13.9. The zero-order valence-electron chi connectivity index (χ0n) is 18.3.